The van der Waals surface area contributed by atoms with Crippen molar-refractivity contribution in [3.05, 3.63) is 45.1 Å². The second-order valence-electron chi connectivity index (χ2n) is 6.36. The van der Waals surface area contributed by atoms with E-state index in [1.807, 2.05) is 16.8 Å². The molecule has 1 aromatic heterocycles. The topological polar surface area (TPSA) is 88.1 Å². The second kappa shape index (κ2) is 8.86. The summed E-state index contributed by atoms with van der Waals surface area (Å²) in [4.78, 5) is 23.6. The lowest BCUT2D eigenvalue weighted by Crippen LogP contribution is -2.34. The molecule has 1 aliphatic rings. The maximum atomic E-state index is 12.6. The average molecular weight is 455 g/mol. The number of hydrogen-bond acceptors (Lipinski definition) is 4. The Labute approximate surface area is 171 Å². The Hall–Kier alpha value is -1.90. The highest BCUT2D eigenvalue weighted by molar-refractivity contribution is 9.10. The molecule has 0 saturated carbocycles. The quantitative estimate of drug-likeness (QED) is 0.585. The predicted molar refractivity (Wildman–Crippen MR) is 108 cm³/mol. The van der Waals surface area contributed by atoms with Gasteiger partial charge in [0.25, 0.3) is 5.91 Å². The molecule has 27 heavy (non-hydrogen) atoms. The first kappa shape index (κ1) is 19.9. The van der Waals surface area contributed by atoms with Gasteiger partial charge in [-0.25, -0.2) is 0 Å². The number of halogens is 2. The van der Waals surface area contributed by atoms with Gasteiger partial charge in [0, 0.05) is 37.1 Å². The Kier molecular flexibility index (Phi) is 6.51. The Morgan fingerprint density at radius 2 is 2.19 bits per heavy atom. The van der Waals surface area contributed by atoms with Gasteiger partial charge in [-0.2, -0.15) is 5.10 Å². The van der Waals surface area contributed by atoms with Crippen molar-refractivity contribution >= 4 is 45.0 Å². The van der Waals surface area contributed by atoms with E-state index in [-0.39, 0.29) is 17.9 Å². The lowest BCUT2D eigenvalue weighted by atomic mass is 10.0. The monoisotopic (exact) mass is 453 g/mol. The van der Waals surface area contributed by atoms with Gasteiger partial charge in [-0.1, -0.05) is 17.7 Å². The molecule has 0 bridgehead atoms. The molecule has 0 fully saturated rings. The number of hydrogen-bond donors (Lipinski definition) is 3. The van der Waals surface area contributed by atoms with E-state index < -0.39 is 0 Å². The summed E-state index contributed by atoms with van der Waals surface area (Å²) in [5.41, 5.74) is 1.87. The normalized spacial score (nSPS) is 15.9. The standard InChI is InChI=1S/C18H21BrClN5O2/c1-11(26)21-7-8-22-13-6-3-9-25-16(13)10-15(24-25)18(27)23-14-5-2-4-12(19)17(14)20/h2,4-5,10,13,22H,3,6-9H2,1H3,(H,21,26)(H,23,27)/t13-/m1/s1. The average Bonchev–Trinajstić information content (AvgIpc) is 3.07. The molecule has 144 valence electrons. The van der Waals surface area contributed by atoms with Crippen LogP contribution < -0.4 is 16.0 Å². The molecule has 7 nitrogen and oxygen atoms in total. The summed E-state index contributed by atoms with van der Waals surface area (Å²) in [7, 11) is 0. The van der Waals surface area contributed by atoms with E-state index in [0.717, 1.165) is 29.6 Å². The summed E-state index contributed by atoms with van der Waals surface area (Å²) in [6.45, 7) is 3.50. The van der Waals surface area contributed by atoms with E-state index in [4.69, 9.17) is 11.6 Å². The summed E-state index contributed by atoms with van der Waals surface area (Å²) in [5.74, 6) is -0.343. The molecule has 9 heteroatoms. The molecule has 0 unspecified atom stereocenters. The van der Waals surface area contributed by atoms with Crippen LogP contribution in [-0.4, -0.2) is 34.7 Å². The van der Waals surface area contributed by atoms with Crippen LogP contribution in [0.3, 0.4) is 0 Å². The third-order valence-corrected chi connectivity index (χ3v) is 5.65. The van der Waals surface area contributed by atoms with E-state index in [1.165, 1.54) is 6.92 Å². The third kappa shape index (κ3) is 4.88. The maximum absolute atomic E-state index is 12.6. The predicted octanol–water partition coefficient (Wildman–Crippen LogP) is 3.11. The highest BCUT2D eigenvalue weighted by Gasteiger charge is 2.24. The minimum atomic E-state index is -0.297. The number of nitrogens with one attached hydrogen (secondary N) is 3. The van der Waals surface area contributed by atoms with Gasteiger partial charge >= 0.3 is 0 Å². The highest BCUT2D eigenvalue weighted by atomic mass is 79.9. The molecule has 0 saturated heterocycles. The minimum absolute atomic E-state index is 0.0457. The smallest absolute Gasteiger partial charge is 0.276 e. The van der Waals surface area contributed by atoms with Crippen molar-refractivity contribution in [1.29, 1.82) is 0 Å². The van der Waals surface area contributed by atoms with E-state index in [2.05, 4.69) is 37.0 Å². The number of amides is 2. The summed E-state index contributed by atoms with van der Waals surface area (Å²) in [6, 6.07) is 7.28. The third-order valence-electron chi connectivity index (χ3n) is 4.35. The van der Waals surface area contributed by atoms with Gasteiger partial charge < -0.3 is 16.0 Å². The number of rotatable bonds is 6. The van der Waals surface area contributed by atoms with E-state index in [0.29, 0.717) is 29.5 Å². The Balaban J connectivity index is 1.69. The number of aryl methyl sites for hydroxylation is 1. The fourth-order valence-corrected chi connectivity index (χ4v) is 3.61. The van der Waals surface area contributed by atoms with Crippen molar-refractivity contribution in [3.8, 4) is 0 Å². The fraction of sp³-hybridized carbons (Fsp3) is 0.389. The van der Waals surface area contributed by atoms with Crippen LogP contribution >= 0.6 is 27.5 Å². The molecule has 1 aromatic carbocycles. The van der Waals surface area contributed by atoms with Crippen LogP contribution in [0.1, 0.15) is 42.0 Å². The molecule has 1 aliphatic heterocycles. The number of fused-ring (bicyclic) bond motifs is 1. The van der Waals surface area contributed by atoms with Gasteiger partial charge in [-0.3, -0.25) is 14.3 Å². The molecule has 2 aromatic rings. The van der Waals surface area contributed by atoms with Crippen molar-refractivity contribution < 1.29 is 9.59 Å². The fourth-order valence-electron chi connectivity index (χ4n) is 3.07. The SMILES string of the molecule is CC(=O)NCCN[C@@H]1CCCn2nc(C(=O)Nc3cccc(Br)c3Cl)cc21. The zero-order chi connectivity index (χ0) is 19.4. The molecule has 3 rings (SSSR count). The summed E-state index contributed by atoms with van der Waals surface area (Å²) in [5, 5.41) is 13.9. The van der Waals surface area contributed by atoms with Crippen LogP contribution in [0.4, 0.5) is 5.69 Å². The molecule has 0 spiro atoms. The Bertz CT molecular complexity index is 854. The molecule has 3 N–H and O–H groups in total. The molecular weight excluding hydrogens is 434 g/mol. The number of carbonyl (C=O) groups excluding carboxylic acids is 2. The van der Waals surface area contributed by atoms with Gasteiger partial charge in [0.05, 0.1) is 16.4 Å². The van der Waals surface area contributed by atoms with Gasteiger partial charge in [-0.05, 0) is 47.0 Å². The van der Waals surface area contributed by atoms with Gasteiger partial charge in [-0.15, -0.1) is 0 Å². The molecule has 2 amide bonds. The maximum Gasteiger partial charge on any atom is 0.276 e. The van der Waals surface area contributed by atoms with Crippen LogP contribution in [-0.2, 0) is 11.3 Å². The summed E-state index contributed by atoms with van der Waals surface area (Å²) >= 11 is 9.56. The first-order chi connectivity index (χ1) is 13.0. The lowest BCUT2D eigenvalue weighted by molar-refractivity contribution is -0.118. The van der Waals surface area contributed by atoms with Crippen LogP contribution in [0.2, 0.25) is 5.02 Å². The first-order valence-electron chi connectivity index (χ1n) is 8.76. The number of benzene rings is 1. The van der Waals surface area contributed by atoms with Crippen molar-refractivity contribution in [2.45, 2.75) is 32.4 Å². The molecule has 1 atom stereocenters. The minimum Gasteiger partial charge on any atom is -0.355 e. The van der Waals surface area contributed by atoms with Gasteiger partial charge in [0.15, 0.2) is 5.69 Å². The second-order valence-corrected chi connectivity index (χ2v) is 7.60. The Morgan fingerprint density at radius 1 is 1.37 bits per heavy atom. The summed E-state index contributed by atoms with van der Waals surface area (Å²) < 4.78 is 2.59. The molecule has 0 radical (unpaired) electrons. The zero-order valence-corrected chi connectivity index (χ0v) is 17.2. The Morgan fingerprint density at radius 3 is 2.96 bits per heavy atom. The highest BCUT2D eigenvalue weighted by Crippen LogP contribution is 2.30. The van der Waals surface area contributed by atoms with E-state index >= 15 is 0 Å². The van der Waals surface area contributed by atoms with E-state index in [1.54, 1.807) is 12.1 Å². The number of anilines is 1. The zero-order valence-electron chi connectivity index (χ0n) is 14.9. The van der Waals surface area contributed by atoms with Crippen LogP contribution in [0.25, 0.3) is 0 Å². The lowest BCUT2D eigenvalue weighted by Gasteiger charge is -2.24. The van der Waals surface area contributed by atoms with Crippen molar-refractivity contribution in [2.24, 2.45) is 0 Å². The van der Waals surface area contributed by atoms with Gasteiger partial charge in [0.2, 0.25) is 5.91 Å². The van der Waals surface area contributed by atoms with Crippen molar-refractivity contribution in [2.75, 3.05) is 18.4 Å². The molecular formula is C18H21BrClN5O2. The summed E-state index contributed by atoms with van der Waals surface area (Å²) in [6.07, 6.45) is 1.94. The van der Waals surface area contributed by atoms with Crippen LogP contribution in [0, 0.1) is 0 Å². The first-order valence-corrected chi connectivity index (χ1v) is 9.93. The number of nitrogens with zero attached hydrogens (tertiary/aromatic N) is 2. The van der Waals surface area contributed by atoms with Crippen LogP contribution in [0.15, 0.2) is 28.7 Å². The van der Waals surface area contributed by atoms with Gasteiger partial charge in [0.1, 0.15) is 0 Å². The largest absolute Gasteiger partial charge is 0.355 e. The number of aromatic nitrogens is 2. The molecule has 2 heterocycles. The molecule has 0 aliphatic carbocycles. The van der Waals surface area contributed by atoms with Crippen LogP contribution in [0.5, 0.6) is 0 Å². The number of carbonyl (C=O) groups is 2. The van der Waals surface area contributed by atoms with E-state index in [9.17, 15) is 9.59 Å². The van der Waals surface area contributed by atoms with Crippen molar-refractivity contribution in [3.63, 3.8) is 0 Å². The van der Waals surface area contributed by atoms with Crippen molar-refractivity contribution in [1.82, 2.24) is 20.4 Å².